The van der Waals surface area contributed by atoms with Crippen LogP contribution >= 0.6 is 0 Å². The molecule has 0 aliphatic heterocycles. The fourth-order valence-electron chi connectivity index (χ4n) is 2.08. The molecular formula is C17H15N5O3S. The van der Waals surface area contributed by atoms with Gasteiger partial charge in [-0.2, -0.15) is 0 Å². The van der Waals surface area contributed by atoms with Gasteiger partial charge in [-0.15, -0.1) is 10.2 Å². The van der Waals surface area contributed by atoms with Gasteiger partial charge in [0.05, 0.1) is 4.90 Å². The highest BCUT2D eigenvalue weighted by molar-refractivity contribution is 7.92. The Balaban J connectivity index is 1.64. The van der Waals surface area contributed by atoms with Gasteiger partial charge >= 0.3 is 0 Å². The Hall–Kier alpha value is -3.46. The van der Waals surface area contributed by atoms with Gasteiger partial charge in [0, 0.05) is 11.8 Å². The van der Waals surface area contributed by atoms with E-state index >= 15 is 0 Å². The van der Waals surface area contributed by atoms with E-state index in [2.05, 4.69) is 25.2 Å². The summed E-state index contributed by atoms with van der Waals surface area (Å²) in [6.45, 7) is 0. The minimum atomic E-state index is -3.79. The highest BCUT2D eigenvalue weighted by Crippen LogP contribution is 2.16. The van der Waals surface area contributed by atoms with Crippen LogP contribution in [0.3, 0.4) is 0 Å². The molecule has 0 fully saturated rings. The molecule has 9 heteroatoms. The van der Waals surface area contributed by atoms with Crippen LogP contribution in [-0.4, -0.2) is 29.5 Å². The lowest BCUT2D eigenvalue weighted by molar-refractivity contribution is -0.111. The van der Waals surface area contributed by atoms with Crippen LogP contribution < -0.4 is 10.0 Å². The molecule has 0 aliphatic carbocycles. The monoisotopic (exact) mass is 369 g/mol. The molecular weight excluding hydrogens is 354 g/mol. The average molecular weight is 369 g/mol. The number of amides is 1. The number of hydrogen-bond donors (Lipinski definition) is 3. The van der Waals surface area contributed by atoms with Crippen LogP contribution in [0.2, 0.25) is 0 Å². The van der Waals surface area contributed by atoms with Crippen LogP contribution in [-0.2, 0) is 14.8 Å². The second-order valence-electron chi connectivity index (χ2n) is 5.20. The molecule has 132 valence electrons. The number of aromatic nitrogens is 3. The van der Waals surface area contributed by atoms with E-state index in [4.69, 9.17) is 0 Å². The van der Waals surface area contributed by atoms with E-state index in [1.54, 1.807) is 6.08 Å². The van der Waals surface area contributed by atoms with Gasteiger partial charge in [-0.25, -0.2) is 13.1 Å². The largest absolute Gasteiger partial charge is 0.323 e. The van der Waals surface area contributed by atoms with E-state index in [0.717, 1.165) is 5.56 Å². The fraction of sp³-hybridized carbons (Fsp3) is 0. The number of anilines is 2. The average Bonchev–Trinajstić information content (AvgIpc) is 3.14. The number of benzene rings is 2. The molecule has 0 bridgehead atoms. The number of carbonyl (C=O) groups excluding carboxylic acids is 1. The predicted molar refractivity (Wildman–Crippen MR) is 97.7 cm³/mol. The van der Waals surface area contributed by atoms with E-state index in [-0.39, 0.29) is 16.8 Å². The normalized spacial score (nSPS) is 11.4. The second-order valence-corrected chi connectivity index (χ2v) is 6.88. The van der Waals surface area contributed by atoms with Crippen molar-refractivity contribution in [3.8, 4) is 0 Å². The quantitative estimate of drug-likeness (QED) is 0.576. The molecule has 8 nitrogen and oxygen atoms in total. The number of H-pyrrole nitrogens is 1. The Bertz CT molecular complexity index is 998. The summed E-state index contributed by atoms with van der Waals surface area (Å²) in [7, 11) is -3.79. The zero-order valence-corrected chi connectivity index (χ0v) is 14.3. The minimum absolute atomic E-state index is 0.0217. The van der Waals surface area contributed by atoms with Gasteiger partial charge in [-0.1, -0.05) is 30.3 Å². The summed E-state index contributed by atoms with van der Waals surface area (Å²) < 4.78 is 26.6. The van der Waals surface area contributed by atoms with Gasteiger partial charge < -0.3 is 10.3 Å². The molecule has 1 aromatic heterocycles. The lowest BCUT2D eigenvalue weighted by Gasteiger charge is -2.06. The Labute approximate surface area is 150 Å². The molecule has 3 N–H and O–H groups in total. The third-order valence-electron chi connectivity index (χ3n) is 3.31. The Morgan fingerprint density at radius 3 is 2.42 bits per heavy atom. The summed E-state index contributed by atoms with van der Waals surface area (Å²) in [6.07, 6.45) is 4.36. The Kier molecular flexibility index (Phi) is 5.09. The van der Waals surface area contributed by atoms with E-state index in [9.17, 15) is 13.2 Å². The molecule has 0 atom stereocenters. The van der Waals surface area contributed by atoms with E-state index in [0.29, 0.717) is 5.69 Å². The number of nitrogens with zero attached hydrogens (tertiary/aromatic N) is 2. The van der Waals surface area contributed by atoms with Gasteiger partial charge in [0.25, 0.3) is 10.0 Å². The fourth-order valence-corrected chi connectivity index (χ4v) is 3.05. The molecule has 1 amide bonds. The number of nitrogens with one attached hydrogen (secondary N) is 3. The van der Waals surface area contributed by atoms with Crippen LogP contribution in [0.4, 0.5) is 11.6 Å². The van der Waals surface area contributed by atoms with Crippen molar-refractivity contribution >= 4 is 33.6 Å². The molecule has 0 spiro atoms. The molecule has 0 radical (unpaired) electrons. The molecule has 26 heavy (non-hydrogen) atoms. The van der Waals surface area contributed by atoms with Crippen LogP contribution in [0, 0.1) is 0 Å². The van der Waals surface area contributed by atoms with E-state index < -0.39 is 10.0 Å². The van der Waals surface area contributed by atoms with Crippen molar-refractivity contribution in [2.75, 3.05) is 10.0 Å². The second kappa shape index (κ2) is 7.62. The molecule has 0 saturated heterocycles. The maximum absolute atomic E-state index is 12.2. The van der Waals surface area contributed by atoms with Crippen molar-refractivity contribution in [2.24, 2.45) is 0 Å². The van der Waals surface area contributed by atoms with Crippen molar-refractivity contribution < 1.29 is 13.2 Å². The Morgan fingerprint density at radius 2 is 1.77 bits per heavy atom. The maximum Gasteiger partial charge on any atom is 0.264 e. The number of carbonyl (C=O) groups is 1. The molecule has 0 saturated carbocycles. The summed E-state index contributed by atoms with van der Waals surface area (Å²) in [5.74, 6) is -0.294. The van der Waals surface area contributed by atoms with Crippen LogP contribution in [0.15, 0.2) is 71.9 Å². The summed E-state index contributed by atoms with van der Waals surface area (Å²) >= 11 is 0. The minimum Gasteiger partial charge on any atom is -0.323 e. The number of hydrogen-bond acceptors (Lipinski definition) is 5. The first-order valence-corrected chi connectivity index (χ1v) is 9.04. The lowest BCUT2D eigenvalue weighted by atomic mass is 10.2. The van der Waals surface area contributed by atoms with Gasteiger partial charge in [-0.05, 0) is 35.9 Å². The zero-order valence-electron chi connectivity index (χ0n) is 13.5. The lowest BCUT2D eigenvalue weighted by Crippen LogP contribution is -2.14. The maximum atomic E-state index is 12.2. The molecule has 0 aliphatic rings. The topological polar surface area (TPSA) is 117 Å². The van der Waals surface area contributed by atoms with Gasteiger partial charge in [-0.3, -0.25) is 4.79 Å². The molecule has 3 rings (SSSR count). The predicted octanol–water partition coefficient (Wildman–Crippen LogP) is 2.26. The van der Waals surface area contributed by atoms with Crippen LogP contribution in [0.5, 0.6) is 0 Å². The number of rotatable bonds is 6. The van der Waals surface area contributed by atoms with Crippen molar-refractivity contribution in [2.45, 2.75) is 4.90 Å². The first-order chi connectivity index (χ1) is 12.5. The summed E-state index contributed by atoms with van der Waals surface area (Å²) in [5.41, 5.74) is 1.38. The summed E-state index contributed by atoms with van der Waals surface area (Å²) in [5, 5.41) is 9.74. The van der Waals surface area contributed by atoms with Gasteiger partial charge in [0.1, 0.15) is 6.33 Å². The number of aromatic amines is 1. The van der Waals surface area contributed by atoms with Gasteiger partial charge in [0.2, 0.25) is 11.9 Å². The molecule has 1 heterocycles. The molecule has 2 aromatic carbocycles. The highest BCUT2D eigenvalue weighted by Gasteiger charge is 2.15. The van der Waals surface area contributed by atoms with Gasteiger partial charge in [0.15, 0.2) is 0 Å². The van der Waals surface area contributed by atoms with Crippen molar-refractivity contribution in [1.82, 2.24) is 15.2 Å². The van der Waals surface area contributed by atoms with Crippen LogP contribution in [0.25, 0.3) is 6.08 Å². The SMILES string of the molecule is O=C(/C=C/c1ccccc1)Nc1ccc(S(=O)(=O)Nc2nnc[nH]2)cc1. The summed E-state index contributed by atoms with van der Waals surface area (Å²) in [4.78, 5) is 14.5. The smallest absolute Gasteiger partial charge is 0.264 e. The highest BCUT2D eigenvalue weighted by atomic mass is 32.2. The van der Waals surface area contributed by atoms with Crippen LogP contribution in [0.1, 0.15) is 5.56 Å². The third kappa shape index (κ3) is 4.54. The van der Waals surface area contributed by atoms with E-state index in [1.165, 1.54) is 36.7 Å². The molecule has 0 unspecified atom stereocenters. The third-order valence-corrected chi connectivity index (χ3v) is 4.66. The van der Waals surface area contributed by atoms with Crippen molar-refractivity contribution in [1.29, 1.82) is 0 Å². The van der Waals surface area contributed by atoms with E-state index in [1.807, 2.05) is 30.3 Å². The summed E-state index contributed by atoms with van der Waals surface area (Å²) in [6, 6.07) is 15.2. The number of sulfonamides is 1. The molecule has 3 aromatic rings. The Morgan fingerprint density at radius 1 is 1.04 bits per heavy atom. The van der Waals surface area contributed by atoms with Crippen molar-refractivity contribution in [3.05, 3.63) is 72.6 Å². The standard InChI is InChI=1S/C17H15N5O3S/c23-16(11-6-13-4-2-1-3-5-13)20-14-7-9-15(10-8-14)26(24,25)22-17-18-12-19-21-17/h1-12H,(H,20,23)(H2,18,19,21,22)/b11-6+. The zero-order chi connectivity index (χ0) is 18.4. The first-order valence-electron chi connectivity index (χ1n) is 7.56. The first kappa shape index (κ1) is 17.4. The van der Waals surface area contributed by atoms with Crippen molar-refractivity contribution in [3.63, 3.8) is 0 Å².